The number of fused-ring (bicyclic) bond motifs is 2. The molecule has 0 bridgehead atoms. The summed E-state index contributed by atoms with van der Waals surface area (Å²) < 4.78 is 10.2. The third-order valence-corrected chi connectivity index (χ3v) is 6.65. The van der Waals surface area contributed by atoms with Crippen molar-refractivity contribution < 1.29 is 4.74 Å². The van der Waals surface area contributed by atoms with Crippen molar-refractivity contribution in [1.82, 2.24) is 19.1 Å². The summed E-state index contributed by atoms with van der Waals surface area (Å²) in [5.74, 6) is 1.03. The van der Waals surface area contributed by atoms with Crippen LogP contribution in [-0.2, 0) is 14.1 Å². The molecule has 0 aliphatic rings. The van der Waals surface area contributed by atoms with Gasteiger partial charge in [-0.05, 0) is 24.3 Å². The highest BCUT2D eigenvalue weighted by Crippen LogP contribution is 2.36. The smallest absolute Gasteiger partial charge is 0.146 e. The monoisotopic (exact) mass is 480 g/mol. The molecule has 0 atom stereocenters. The van der Waals surface area contributed by atoms with Crippen LogP contribution in [0.25, 0.3) is 44.3 Å². The Morgan fingerprint density at radius 2 is 1.08 bits per heavy atom. The molecule has 2 aromatic carbocycles. The molecule has 6 rings (SSSR count). The largest absolute Gasteiger partial charge is 0.454 e. The van der Waals surface area contributed by atoms with Crippen LogP contribution in [-0.4, -0.2) is 19.1 Å². The zero-order valence-electron chi connectivity index (χ0n) is 20.2. The third-order valence-electron chi connectivity index (χ3n) is 6.65. The van der Waals surface area contributed by atoms with Gasteiger partial charge in [0.2, 0.25) is 0 Å². The van der Waals surface area contributed by atoms with Crippen LogP contribution < -0.4 is 4.74 Å². The SMILES string of the molecule is Cn1c(-c2cncc(Oc3cncc(-c4c(C#N)c5ccccc5n4C)c3)c2)c(C#N)c2ccccc21. The van der Waals surface area contributed by atoms with Gasteiger partial charge in [0.15, 0.2) is 0 Å². The second-order valence-corrected chi connectivity index (χ2v) is 8.74. The molecule has 0 N–H and O–H groups in total. The van der Waals surface area contributed by atoms with Gasteiger partial charge in [0.25, 0.3) is 0 Å². The number of rotatable bonds is 4. The summed E-state index contributed by atoms with van der Waals surface area (Å²) in [6.45, 7) is 0. The standard InChI is InChI=1S/C30H20N6O/c1-35-27-9-5-3-7-23(27)25(13-31)29(35)19-11-21(17-33-15-19)37-22-12-20(16-34-18-22)30-26(14-32)24-8-4-6-10-28(24)36(30)2/h3-12,15-18H,1-2H3. The van der Waals surface area contributed by atoms with E-state index >= 15 is 0 Å². The highest BCUT2D eigenvalue weighted by atomic mass is 16.5. The van der Waals surface area contributed by atoms with Crippen molar-refractivity contribution >= 4 is 21.8 Å². The van der Waals surface area contributed by atoms with Crippen molar-refractivity contribution in [2.75, 3.05) is 0 Å². The molecule has 0 spiro atoms. The van der Waals surface area contributed by atoms with E-state index in [1.165, 1.54) is 0 Å². The van der Waals surface area contributed by atoms with Gasteiger partial charge in [0.05, 0.1) is 34.9 Å². The van der Waals surface area contributed by atoms with Crippen LogP contribution in [0.4, 0.5) is 0 Å². The quantitative estimate of drug-likeness (QED) is 0.294. The van der Waals surface area contributed by atoms with Gasteiger partial charge in [-0.2, -0.15) is 10.5 Å². The van der Waals surface area contributed by atoms with Crippen LogP contribution in [0.3, 0.4) is 0 Å². The lowest BCUT2D eigenvalue weighted by atomic mass is 10.1. The summed E-state index contributed by atoms with van der Waals surface area (Å²) in [6.07, 6.45) is 6.71. The Morgan fingerprint density at radius 3 is 1.51 bits per heavy atom. The summed E-state index contributed by atoms with van der Waals surface area (Å²) in [7, 11) is 3.88. The number of benzene rings is 2. The molecule has 0 amide bonds. The molecular weight excluding hydrogens is 460 g/mol. The van der Waals surface area contributed by atoms with E-state index < -0.39 is 0 Å². The molecule has 0 aliphatic heterocycles. The molecule has 0 saturated heterocycles. The van der Waals surface area contributed by atoms with Crippen LogP contribution in [0.1, 0.15) is 11.1 Å². The Bertz CT molecular complexity index is 1780. The van der Waals surface area contributed by atoms with E-state index in [-0.39, 0.29) is 0 Å². The first-order valence-corrected chi connectivity index (χ1v) is 11.6. The van der Waals surface area contributed by atoms with Crippen LogP contribution in [0.5, 0.6) is 11.5 Å². The summed E-state index contributed by atoms with van der Waals surface area (Å²) in [4.78, 5) is 8.76. The van der Waals surface area contributed by atoms with Crippen LogP contribution in [0, 0.1) is 22.7 Å². The fraction of sp³-hybridized carbons (Fsp3) is 0.0667. The highest BCUT2D eigenvalue weighted by molar-refractivity contribution is 5.95. The molecule has 176 valence electrons. The van der Waals surface area contributed by atoms with E-state index in [0.717, 1.165) is 44.3 Å². The van der Waals surface area contributed by atoms with Crippen LogP contribution >= 0.6 is 0 Å². The number of aromatic nitrogens is 4. The Labute approximate surface area is 213 Å². The number of ether oxygens (including phenoxy) is 1. The third kappa shape index (κ3) is 3.50. The number of nitriles is 2. The lowest BCUT2D eigenvalue weighted by Gasteiger charge is -2.10. The molecule has 0 saturated carbocycles. The van der Waals surface area contributed by atoms with E-state index in [1.807, 2.05) is 83.9 Å². The van der Waals surface area contributed by atoms with Gasteiger partial charge in [-0.15, -0.1) is 0 Å². The fourth-order valence-corrected chi connectivity index (χ4v) is 5.03. The van der Waals surface area contributed by atoms with Gasteiger partial charge >= 0.3 is 0 Å². The molecule has 7 heteroatoms. The number of nitrogens with zero attached hydrogens (tertiary/aromatic N) is 6. The Hall–Kier alpha value is -5.40. The first-order valence-electron chi connectivity index (χ1n) is 11.6. The van der Waals surface area contributed by atoms with Crippen molar-refractivity contribution in [2.24, 2.45) is 14.1 Å². The number of hydrogen-bond donors (Lipinski definition) is 0. The second kappa shape index (κ2) is 8.67. The maximum atomic E-state index is 9.90. The van der Waals surface area contributed by atoms with Gasteiger partial charge < -0.3 is 13.9 Å². The molecule has 37 heavy (non-hydrogen) atoms. The van der Waals surface area contributed by atoms with E-state index in [4.69, 9.17) is 4.74 Å². The predicted molar refractivity (Wildman–Crippen MR) is 142 cm³/mol. The molecule has 4 aromatic heterocycles. The Balaban J connectivity index is 1.40. The minimum Gasteiger partial charge on any atom is -0.454 e. The van der Waals surface area contributed by atoms with E-state index in [9.17, 15) is 10.5 Å². The zero-order chi connectivity index (χ0) is 25.5. The highest BCUT2D eigenvalue weighted by Gasteiger charge is 2.19. The average Bonchev–Trinajstić information content (AvgIpc) is 3.39. The summed E-state index contributed by atoms with van der Waals surface area (Å²) in [6, 6.07) is 24.1. The van der Waals surface area contributed by atoms with E-state index in [1.54, 1.807) is 24.8 Å². The number of pyridine rings is 2. The van der Waals surface area contributed by atoms with Gasteiger partial charge in [0.1, 0.15) is 23.6 Å². The maximum Gasteiger partial charge on any atom is 0.146 e. The average molecular weight is 481 g/mol. The molecule has 7 nitrogen and oxygen atoms in total. The number of para-hydroxylation sites is 2. The Morgan fingerprint density at radius 1 is 0.649 bits per heavy atom. The normalized spacial score (nSPS) is 10.9. The summed E-state index contributed by atoms with van der Waals surface area (Å²) >= 11 is 0. The molecule has 4 heterocycles. The van der Waals surface area contributed by atoms with Crippen LogP contribution in [0.15, 0.2) is 85.5 Å². The molecular formula is C30H20N6O. The first kappa shape index (κ1) is 22.1. The van der Waals surface area contributed by atoms with Gasteiger partial charge in [-0.25, -0.2) is 0 Å². The van der Waals surface area contributed by atoms with Crippen molar-refractivity contribution in [1.29, 1.82) is 10.5 Å². The summed E-state index contributed by atoms with van der Waals surface area (Å²) in [5.41, 5.74) is 6.25. The van der Waals surface area contributed by atoms with Crippen LogP contribution in [0.2, 0.25) is 0 Å². The lowest BCUT2D eigenvalue weighted by molar-refractivity contribution is 0.478. The lowest BCUT2D eigenvalue weighted by Crippen LogP contribution is -1.96. The van der Waals surface area contributed by atoms with Gasteiger partial charge in [0, 0.05) is 59.4 Å². The minimum atomic E-state index is 0.517. The molecule has 0 aliphatic carbocycles. The number of hydrogen-bond acceptors (Lipinski definition) is 5. The van der Waals surface area contributed by atoms with E-state index in [0.29, 0.717) is 22.6 Å². The van der Waals surface area contributed by atoms with Crippen molar-refractivity contribution in [2.45, 2.75) is 0 Å². The second-order valence-electron chi connectivity index (χ2n) is 8.74. The molecule has 6 aromatic rings. The zero-order valence-corrected chi connectivity index (χ0v) is 20.2. The van der Waals surface area contributed by atoms with Crippen molar-refractivity contribution in [3.63, 3.8) is 0 Å². The minimum absolute atomic E-state index is 0.517. The van der Waals surface area contributed by atoms with E-state index in [2.05, 4.69) is 22.1 Å². The fourth-order valence-electron chi connectivity index (χ4n) is 5.03. The molecule has 0 fully saturated rings. The summed E-state index contributed by atoms with van der Waals surface area (Å²) in [5, 5.41) is 21.6. The van der Waals surface area contributed by atoms with Gasteiger partial charge in [-0.3, -0.25) is 9.97 Å². The Kier molecular flexibility index (Phi) is 5.18. The molecule has 0 radical (unpaired) electrons. The first-order chi connectivity index (χ1) is 18.1. The number of aryl methyl sites for hydroxylation is 2. The maximum absolute atomic E-state index is 9.90. The molecule has 0 unspecified atom stereocenters. The van der Waals surface area contributed by atoms with Crippen molar-refractivity contribution in [3.8, 4) is 46.2 Å². The predicted octanol–water partition coefficient (Wildman–Crippen LogP) is 6.33. The van der Waals surface area contributed by atoms with Crippen molar-refractivity contribution in [3.05, 3.63) is 96.6 Å². The van der Waals surface area contributed by atoms with Gasteiger partial charge in [-0.1, -0.05) is 36.4 Å². The topological polar surface area (TPSA) is 92.4 Å².